The van der Waals surface area contributed by atoms with Gasteiger partial charge in [-0.05, 0) is 45.8 Å². The average Bonchev–Trinajstić information content (AvgIpc) is 2.28. The molecule has 1 rings (SSSR count). The summed E-state index contributed by atoms with van der Waals surface area (Å²) in [4.78, 5) is 2.54. The van der Waals surface area contributed by atoms with E-state index in [1.54, 1.807) is 0 Å². The van der Waals surface area contributed by atoms with Crippen molar-refractivity contribution >= 4 is 0 Å². The van der Waals surface area contributed by atoms with Gasteiger partial charge < -0.3 is 10.2 Å². The van der Waals surface area contributed by atoms with Gasteiger partial charge in [0, 0.05) is 19.0 Å². The van der Waals surface area contributed by atoms with Crippen LogP contribution in [0.3, 0.4) is 0 Å². The second kappa shape index (κ2) is 7.73. The Hall–Kier alpha value is -0.520. The standard InChI is InChI=1S/C13H24N2/c1-3-5-6-10-15-11-7-13(8-12-15)14-9-4-2/h13-14H,4,6-12H2,1-2H3. The van der Waals surface area contributed by atoms with Crippen molar-refractivity contribution in [1.82, 2.24) is 10.2 Å². The van der Waals surface area contributed by atoms with Gasteiger partial charge >= 0.3 is 0 Å². The fourth-order valence-electron chi connectivity index (χ4n) is 2.05. The van der Waals surface area contributed by atoms with Crippen molar-refractivity contribution in [1.29, 1.82) is 0 Å². The highest BCUT2D eigenvalue weighted by molar-refractivity contribution is 4.95. The Balaban J connectivity index is 2.08. The molecule has 1 N–H and O–H groups in total. The zero-order valence-corrected chi connectivity index (χ0v) is 10.2. The third-order valence-corrected chi connectivity index (χ3v) is 3.00. The third kappa shape index (κ3) is 5.20. The van der Waals surface area contributed by atoms with E-state index in [0.29, 0.717) is 0 Å². The van der Waals surface area contributed by atoms with Gasteiger partial charge in [-0.25, -0.2) is 0 Å². The first kappa shape index (κ1) is 12.5. The molecule has 15 heavy (non-hydrogen) atoms. The Labute approximate surface area is 94.4 Å². The van der Waals surface area contributed by atoms with Gasteiger partial charge in [0.05, 0.1) is 0 Å². The van der Waals surface area contributed by atoms with Crippen LogP contribution >= 0.6 is 0 Å². The quantitative estimate of drug-likeness (QED) is 0.694. The summed E-state index contributed by atoms with van der Waals surface area (Å²) < 4.78 is 0. The first-order chi connectivity index (χ1) is 7.36. The Morgan fingerprint density at radius 2 is 2.07 bits per heavy atom. The summed E-state index contributed by atoms with van der Waals surface area (Å²) in [7, 11) is 0. The van der Waals surface area contributed by atoms with Crippen molar-refractivity contribution in [3.63, 3.8) is 0 Å². The highest BCUT2D eigenvalue weighted by Crippen LogP contribution is 2.10. The molecule has 0 saturated carbocycles. The minimum absolute atomic E-state index is 0.762. The fourth-order valence-corrected chi connectivity index (χ4v) is 2.05. The molecular formula is C13H24N2. The first-order valence-electron chi connectivity index (χ1n) is 6.22. The largest absolute Gasteiger partial charge is 0.314 e. The molecule has 0 aliphatic carbocycles. The molecule has 1 aliphatic rings. The Morgan fingerprint density at radius 1 is 1.33 bits per heavy atom. The zero-order valence-electron chi connectivity index (χ0n) is 10.2. The van der Waals surface area contributed by atoms with Crippen LogP contribution in [0.4, 0.5) is 0 Å². The van der Waals surface area contributed by atoms with E-state index < -0.39 is 0 Å². The number of likely N-dealkylation sites (tertiary alicyclic amines) is 1. The summed E-state index contributed by atoms with van der Waals surface area (Å²) in [6.07, 6.45) is 4.88. The van der Waals surface area contributed by atoms with Crippen LogP contribution in [0.25, 0.3) is 0 Å². The lowest BCUT2D eigenvalue weighted by molar-refractivity contribution is 0.202. The number of hydrogen-bond acceptors (Lipinski definition) is 2. The van der Waals surface area contributed by atoms with Gasteiger partial charge in [0.15, 0.2) is 0 Å². The predicted octanol–water partition coefficient (Wildman–Crippen LogP) is 1.86. The summed E-state index contributed by atoms with van der Waals surface area (Å²) in [5.74, 6) is 6.09. The number of hydrogen-bond donors (Lipinski definition) is 1. The Bertz CT molecular complexity index is 206. The lowest BCUT2D eigenvalue weighted by Crippen LogP contribution is -2.42. The van der Waals surface area contributed by atoms with E-state index in [0.717, 1.165) is 19.0 Å². The van der Waals surface area contributed by atoms with Crippen molar-refractivity contribution in [2.45, 2.75) is 45.6 Å². The van der Waals surface area contributed by atoms with E-state index >= 15 is 0 Å². The van der Waals surface area contributed by atoms with E-state index in [2.05, 4.69) is 29.0 Å². The maximum atomic E-state index is 3.60. The van der Waals surface area contributed by atoms with Crippen LogP contribution < -0.4 is 5.32 Å². The monoisotopic (exact) mass is 208 g/mol. The average molecular weight is 208 g/mol. The van der Waals surface area contributed by atoms with Crippen LogP contribution in [0.15, 0.2) is 0 Å². The van der Waals surface area contributed by atoms with E-state index in [1.807, 2.05) is 6.92 Å². The zero-order chi connectivity index (χ0) is 10.9. The van der Waals surface area contributed by atoms with Crippen LogP contribution in [0.1, 0.15) is 39.5 Å². The lowest BCUT2D eigenvalue weighted by Gasteiger charge is -2.32. The molecule has 0 atom stereocenters. The molecule has 1 fully saturated rings. The van der Waals surface area contributed by atoms with Crippen LogP contribution in [0.2, 0.25) is 0 Å². The number of rotatable bonds is 5. The topological polar surface area (TPSA) is 15.3 Å². The smallest absolute Gasteiger partial charge is 0.0216 e. The van der Waals surface area contributed by atoms with Gasteiger partial charge in [-0.15, -0.1) is 11.8 Å². The van der Waals surface area contributed by atoms with Crippen molar-refractivity contribution in [3.8, 4) is 11.8 Å². The van der Waals surface area contributed by atoms with E-state index in [4.69, 9.17) is 0 Å². The summed E-state index contributed by atoms with van der Waals surface area (Å²) in [6.45, 7) is 8.96. The van der Waals surface area contributed by atoms with E-state index in [1.165, 1.54) is 38.9 Å². The van der Waals surface area contributed by atoms with Crippen LogP contribution in [0, 0.1) is 11.8 Å². The third-order valence-electron chi connectivity index (χ3n) is 3.00. The lowest BCUT2D eigenvalue weighted by atomic mass is 10.0. The highest BCUT2D eigenvalue weighted by Gasteiger charge is 2.17. The molecule has 1 heterocycles. The summed E-state index contributed by atoms with van der Waals surface area (Å²) in [5, 5.41) is 3.60. The SMILES string of the molecule is CC#CCCN1CCC(NCCC)CC1. The fraction of sp³-hybridized carbons (Fsp3) is 0.846. The van der Waals surface area contributed by atoms with Crippen molar-refractivity contribution in [2.24, 2.45) is 0 Å². The molecule has 0 unspecified atom stereocenters. The highest BCUT2D eigenvalue weighted by atomic mass is 15.1. The van der Waals surface area contributed by atoms with Crippen molar-refractivity contribution < 1.29 is 0 Å². The first-order valence-corrected chi connectivity index (χ1v) is 6.22. The molecule has 0 amide bonds. The van der Waals surface area contributed by atoms with Gasteiger partial charge in [0.25, 0.3) is 0 Å². The molecule has 0 aromatic heterocycles. The number of piperidine rings is 1. The maximum Gasteiger partial charge on any atom is 0.0216 e. The Morgan fingerprint density at radius 3 is 2.67 bits per heavy atom. The molecule has 0 aromatic rings. The van der Waals surface area contributed by atoms with Crippen molar-refractivity contribution in [2.75, 3.05) is 26.2 Å². The summed E-state index contributed by atoms with van der Waals surface area (Å²) in [5.41, 5.74) is 0. The summed E-state index contributed by atoms with van der Waals surface area (Å²) >= 11 is 0. The number of nitrogens with one attached hydrogen (secondary N) is 1. The minimum atomic E-state index is 0.762. The van der Waals surface area contributed by atoms with E-state index in [9.17, 15) is 0 Å². The molecule has 1 aliphatic heterocycles. The second-order valence-electron chi connectivity index (χ2n) is 4.25. The summed E-state index contributed by atoms with van der Waals surface area (Å²) in [6, 6.07) is 0.762. The van der Waals surface area contributed by atoms with Gasteiger partial charge in [-0.2, -0.15) is 0 Å². The molecule has 2 heteroatoms. The van der Waals surface area contributed by atoms with Crippen LogP contribution in [-0.4, -0.2) is 37.1 Å². The molecule has 86 valence electrons. The molecular weight excluding hydrogens is 184 g/mol. The van der Waals surface area contributed by atoms with Gasteiger partial charge in [-0.1, -0.05) is 6.92 Å². The van der Waals surface area contributed by atoms with Crippen LogP contribution in [0.5, 0.6) is 0 Å². The minimum Gasteiger partial charge on any atom is -0.314 e. The maximum absolute atomic E-state index is 3.60. The van der Waals surface area contributed by atoms with Gasteiger partial charge in [0.1, 0.15) is 0 Å². The molecule has 0 bridgehead atoms. The predicted molar refractivity (Wildman–Crippen MR) is 65.8 cm³/mol. The molecule has 1 saturated heterocycles. The molecule has 0 radical (unpaired) electrons. The van der Waals surface area contributed by atoms with Crippen LogP contribution in [-0.2, 0) is 0 Å². The van der Waals surface area contributed by atoms with Gasteiger partial charge in [-0.3, -0.25) is 0 Å². The van der Waals surface area contributed by atoms with Gasteiger partial charge in [0.2, 0.25) is 0 Å². The normalized spacial score (nSPS) is 18.5. The molecule has 2 nitrogen and oxygen atoms in total. The van der Waals surface area contributed by atoms with Crippen molar-refractivity contribution in [3.05, 3.63) is 0 Å². The molecule has 0 aromatic carbocycles. The Kier molecular flexibility index (Phi) is 6.47. The second-order valence-corrected chi connectivity index (χ2v) is 4.25. The number of nitrogens with zero attached hydrogens (tertiary/aromatic N) is 1. The molecule has 0 spiro atoms. The van der Waals surface area contributed by atoms with E-state index in [-0.39, 0.29) is 0 Å².